The van der Waals surface area contributed by atoms with E-state index in [9.17, 15) is 0 Å². The van der Waals surface area contributed by atoms with Crippen LogP contribution < -0.4 is 5.32 Å². The molecule has 1 aliphatic carbocycles. The Morgan fingerprint density at radius 3 is 2.69 bits per heavy atom. The average molecular weight is 182 g/mol. The van der Waals surface area contributed by atoms with Crippen LogP contribution in [0, 0.1) is 0 Å². The molecule has 2 heteroatoms. The lowest BCUT2D eigenvalue weighted by Crippen LogP contribution is -2.62. The van der Waals surface area contributed by atoms with Crippen molar-refractivity contribution in [2.45, 2.75) is 51.1 Å². The third-order valence-electron chi connectivity index (χ3n) is 4.05. The highest BCUT2D eigenvalue weighted by Crippen LogP contribution is 2.41. The fourth-order valence-corrected chi connectivity index (χ4v) is 2.97. The lowest BCUT2D eigenvalue weighted by atomic mass is 9.72. The van der Waals surface area contributed by atoms with Gasteiger partial charge in [-0.15, -0.1) is 0 Å². The summed E-state index contributed by atoms with van der Waals surface area (Å²) in [4.78, 5) is 2.76. The highest BCUT2D eigenvalue weighted by atomic mass is 15.3. The van der Waals surface area contributed by atoms with E-state index < -0.39 is 0 Å². The summed E-state index contributed by atoms with van der Waals surface area (Å²) in [5.74, 6) is 0. The largest absolute Gasteiger partial charge is 0.314 e. The van der Waals surface area contributed by atoms with E-state index in [1.165, 1.54) is 45.3 Å². The average Bonchev–Trinajstić information content (AvgIpc) is 2.07. The van der Waals surface area contributed by atoms with Crippen LogP contribution >= 0.6 is 0 Å². The zero-order chi connectivity index (χ0) is 9.31. The van der Waals surface area contributed by atoms with Crippen LogP contribution in [-0.4, -0.2) is 36.1 Å². The molecule has 13 heavy (non-hydrogen) atoms. The van der Waals surface area contributed by atoms with Gasteiger partial charge in [0.25, 0.3) is 0 Å². The molecule has 2 rings (SSSR count). The van der Waals surface area contributed by atoms with Crippen molar-refractivity contribution in [1.82, 2.24) is 10.2 Å². The van der Waals surface area contributed by atoms with Crippen LogP contribution in [0.3, 0.4) is 0 Å². The number of piperazine rings is 1. The first-order chi connectivity index (χ1) is 6.28. The third kappa shape index (κ3) is 1.50. The molecule has 1 saturated carbocycles. The molecule has 1 atom stereocenters. The second-order valence-corrected chi connectivity index (χ2v) is 4.68. The van der Waals surface area contributed by atoms with Crippen LogP contribution in [0.5, 0.6) is 0 Å². The summed E-state index contributed by atoms with van der Waals surface area (Å²) in [6.07, 6.45) is 5.67. The first-order valence-electron chi connectivity index (χ1n) is 5.76. The molecule has 0 aromatic rings. The number of nitrogens with zero attached hydrogens (tertiary/aromatic N) is 1. The van der Waals surface area contributed by atoms with E-state index in [1.54, 1.807) is 0 Å². The van der Waals surface area contributed by atoms with Crippen molar-refractivity contribution < 1.29 is 0 Å². The highest BCUT2D eigenvalue weighted by molar-refractivity contribution is 5.00. The zero-order valence-electron chi connectivity index (χ0n) is 8.97. The van der Waals surface area contributed by atoms with Gasteiger partial charge in [0.1, 0.15) is 0 Å². The summed E-state index contributed by atoms with van der Waals surface area (Å²) in [7, 11) is 0. The second-order valence-electron chi connectivity index (χ2n) is 4.68. The van der Waals surface area contributed by atoms with Crippen LogP contribution in [0.25, 0.3) is 0 Å². The molecule has 2 nitrogen and oxygen atoms in total. The van der Waals surface area contributed by atoms with Crippen molar-refractivity contribution in [3.63, 3.8) is 0 Å². The maximum atomic E-state index is 3.47. The summed E-state index contributed by atoms with van der Waals surface area (Å²) >= 11 is 0. The molecule has 0 bridgehead atoms. The molecule has 1 unspecified atom stereocenters. The number of nitrogens with one attached hydrogen (secondary N) is 1. The molecule has 2 fully saturated rings. The van der Waals surface area contributed by atoms with Gasteiger partial charge in [-0.2, -0.15) is 0 Å². The van der Waals surface area contributed by atoms with Gasteiger partial charge in [0.2, 0.25) is 0 Å². The molecule has 0 radical (unpaired) electrons. The van der Waals surface area contributed by atoms with Gasteiger partial charge in [-0.05, 0) is 32.6 Å². The van der Waals surface area contributed by atoms with Crippen LogP contribution in [0.1, 0.15) is 39.5 Å². The Bertz CT molecular complexity index is 169. The molecule has 76 valence electrons. The predicted octanol–water partition coefficient (Wildman–Crippen LogP) is 1.61. The second kappa shape index (κ2) is 3.58. The van der Waals surface area contributed by atoms with Gasteiger partial charge < -0.3 is 5.32 Å². The Morgan fingerprint density at radius 2 is 2.23 bits per heavy atom. The smallest absolute Gasteiger partial charge is 0.0210 e. The van der Waals surface area contributed by atoms with E-state index >= 15 is 0 Å². The lowest BCUT2D eigenvalue weighted by molar-refractivity contribution is -0.0263. The molecule has 1 aliphatic heterocycles. The monoisotopic (exact) mass is 182 g/mol. The van der Waals surface area contributed by atoms with Crippen molar-refractivity contribution in [3.05, 3.63) is 0 Å². The fraction of sp³-hybridized carbons (Fsp3) is 1.00. The molecule has 1 saturated heterocycles. The van der Waals surface area contributed by atoms with Crippen molar-refractivity contribution in [1.29, 1.82) is 0 Å². The van der Waals surface area contributed by atoms with E-state index in [1.807, 2.05) is 0 Å². The van der Waals surface area contributed by atoms with Crippen molar-refractivity contribution >= 4 is 0 Å². The number of hydrogen-bond acceptors (Lipinski definition) is 2. The summed E-state index contributed by atoms with van der Waals surface area (Å²) < 4.78 is 0. The summed E-state index contributed by atoms with van der Waals surface area (Å²) in [6.45, 7) is 8.35. The molecule has 0 aromatic carbocycles. The van der Waals surface area contributed by atoms with E-state index in [2.05, 4.69) is 24.1 Å². The molecule has 0 aromatic heterocycles. The zero-order valence-corrected chi connectivity index (χ0v) is 8.97. The standard InChI is InChI=1S/C11H22N2/c1-3-11(5-4-6-11)13-8-7-12-9-10(13)2/h10,12H,3-9H2,1-2H3. The maximum absolute atomic E-state index is 3.47. The van der Waals surface area contributed by atoms with Crippen molar-refractivity contribution in [2.75, 3.05) is 19.6 Å². The maximum Gasteiger partial charge on any atom is 0.0210 e. The van der Waals surface area contributed by atoms with Crippen LogP contribution in [0.15, 0.2) is 0 Å². The molecule has 1 heterocycles. The van der Waals surface area contributed by atoms with Crippen LogP contribution in [0.4, 0.5) is 0 Å². The Hall–Kier alpha value is -0.0800. The van der Waals surface area contributed by atoms with Gasteiger partial charge >= 0.3 is 0 Å². The first kappa shape index (κ1) is 9.47. The van der Waals surface area contributed by atoms with E-state index in [4.69, 9.17) is 0 Å². The van der Waals surface area contributed by atoms with Crippen molar-refractivity contribution in [3.8, 4) is 0 Å². The van der Waals surface area contributed by atoms with Crippen LogP contribution in [0.2, 0.25) is 0 Å². The summed E-state index contributed by atoms with van der Waals surface area (Å²) in [6, 6.07) is 0.744. The van der Waals surface area contributed by atoms with Gasteiger partial charge in [-0.3, -0.25) is 4.90 Å². The van der Waals surface area contributed by atoms with Crippen molar-refractivity contribution in [2.24, 2.45) is 0 Å². The number of rotatable bonds is 2. The SMILES string of the molecule is CCC1(N2CCNCC2C)CCC1. The van der Waals surface area contributed by atoms with Gasteiger partial charge in [0.15, 0.2) is 0 Å². The molecule has 1 N–H and O–H groups in total. The third-order valence-corrected chi connectivity index (χ3v) is 4.05. The van der Waals surface area contributed by atoms with Gasteiger partial charge in [-0.25, -0.2) is 0 Å². The molecular weight excluding hydrogens is 160 g/mol. The predicted molar refractivity (Wildman–Crippen MR) is 55.9 cm³/mol. The molecule has 0 spiro atoms. The minimum Gasteiger partial charge on any atom is -0.314 e. The first-order valence-corrected chi connectivity index (χ1v) is 5.76. The van der Waals surface area contributed by atoms with Gasteiger partial charge in [0.05, 0.1) is 0 Å². The fourth-order valence-electron chi connectivity index (χ4n) is 2.97. The van der Waals surface area contributed by atoms with E-state index in [0.29, 0.717) is 5.54 Å². The Labute approximate surface area is 81.7 Å². The molecular formula is C11H22N2. The minimum atomic E-state index is 0.599. The number of hydrogen-bond donors (Lipinski definition) is 1. The van der Waals surface area contributed by atoms with Gasteiger partial charge in [0, 0.05) is 31.2 Å². The molecule has 0 amide bonds. The van der Waals surface area contributed by atoms with E-state index in [-0.39, 0.29) is 0 Å². The Kier molecular flexibility index (Phi) is 2.61. The minimum absolute atomic E-state index is 0.599. The van der Waals surface area contributed by atoms with Crippen LogP contribution in [-0.2, 0) is 0 Å². The normalized spacial score (nSPS) is 34.2. The Morgan fingerprint density at radius 1 is 1.46 bits per heavy atom. The summed E-state index contributed by atoms with van der Waals surface area (Å²) in [5, 5.41) is 3.47. The van der Waals surface area contributed by atoms with Gasteiger partial charge in [-0.1, -0.05) is 6.92 Å². The van der Waals surface area contributed by atoms with E-state index in [0.717, 1.165) is 6.04 Å². The quantitative estimate of drug-likeness (QED) is 0.698. The topological polar surface area (TPSA) is 15.3 Å². The molecule has 2 aliphatic rings. The summed E-state index contributed by atoms with van der Waals surface area (Å²) in [5.41, 5.74) is 0.599. The lowest BCUT2D eigenvalue weighted by Gasteiger charge is -2.54. The Balaban J connectivity index is 2.03. The highest BCUT2D eigenvalue weighted by Gasteiger charge is 2.43.